The van der Waals surface area contributed by atoms with Crippen molar-refractivity contribution in [2.75, 3.05) is 58.6 Å². The maximum Gasteiger partial charge on any atom is 0.119 e. The van der Waals surface area contributed by atoms with Crippen molar-refractivity contribution in [3.05, 3.63) is 84.0 Å². The van der Waals surface area contributed by atoms with Crippen LogP contribution in [0.5, 0.6) is 5.75 Å². The minimum Gasteiger partial charge on any atom is -0.491 e. The number of anilines is 1. The molecule has 2 aromatic carbocycles. The summed E-state index contributed by atoms with van der Waals surface area (Å²) in [4.78, 5) is 0. The van der Waals surface area contributed by atoms with Crippen molar-refractivity contribution in [3.8, 4) is 5.75 Å². The van der Waals surface area contributed by atoms with E-state index < -0.39 is 0 Å². The Morgan fingerprint density at radius 2 is 1.12 bits per heavy atom. The fraction of sp³-hybridized carbons (Fsp3) is 0.333. The molecule has 5 heteroatoms. The summed E-state index contributed by atoms with van der Waals surface area (Å²) in [6, 6.07) is 16.3. The number of rotatable bonds is 16. The fourth-order valence-corrected chi connectivity index (χ4v) is 2.70. The molecule has 0 aliphatic carbocycles. The van der Waals surface area contributed by atoms with Gasteiger partial charge in [0.25, 0.3) is 0 Å². The van der Waals surface area contributed by atoms with E-state index in [1.807, 2.05) is 62.5 Å². The summed E-state index contributed by atoms with van der Waals surface area (Å²) in [7, 11) is 1.92. The van der Waals surface area contributed by atoms with Crippen LogP contribution >= 0.6 is 0 Å². The monoisotopic (exact) mass is 437 g/mol. The summed E-state index contributed by atoms with van der Waals surface area (Å²) in [6.45, 7) is 6.10. The second kappa shape index (κ2) is 16.8. The Hall–Kier alpha value is -2.86. The first-order valence-electron chi connectivity index (χ1n) is 11.1. The topological polar surface area (TPSA) is 49.0 Å². The third kappa shape index (κ3) is 11.5. The van der Waals surface area contributed by atoms with Gasteiger partial charge in [-0.3, -0.25) is 0 Å². The van der Waals surface area contributed by atoms with Crippen LogP contribution < -0.4 is 10.1 Å². The first-order chi connectivity index (χ1) is 15.8. The molecule has 0 radical (unpaired) electrons. The van der Waals surface area contributed by atoms with Crippen LogP contribution in [0.2, 0.25) is 0 Å². The van der Waals surface area contributed by atoms with Crippen LogP contribution in [0, 0.1) is 0 Å². The largest absolute Gasteiger partial charge is 0.491 e. The number of ether oxygens (including phenoxy) is 4. The maximum absolute atomic E-state index is 5.70. The van der Waals surface area contributed by atoms with Crippen molar-refractivity contribution in [3.63, 3.8) is 0 Å². The van der Waals surface area contributed by atoms with Gasteiger partial charge in [0.15, 0.2) is 0 Å². The predicted octanol–water partition coefficient (Wildman–Crippen LogP) is 5.46. The quantitative estimate of drug-likeness (QED) is 0.279. The maximum atomic E-state index is 5.70. The lowest BCUT2D eigenvalue weighted by Crippen LogP contribution is -2.12. The lowest BCUT2D eigenvalue weighted by atomic mass is 10.2. The fourth-order valence-electron chi connectivity index (χ4n) is 2.70. The number of hydrogen-bond donors (Lipinski definition) is 1. The van der Waals surface area contributed by atoms with Crippen molar-refractivity contribution >= 4 is 17.8 Å². The third-order valence-corrected chi connectivity index (χ3v) is 4.43. The molecule has 0 saturated carbocycles. The Bertz CT molecular complexity index is 811. The molecule has 172 valence electrons. The standard InChI is InChI=1S/C27H35NO4/c1-3-29-18-19-30-20-21-31-22-23-32-27-16-12-25(13-17-27)9-7-5-4-6-8-24-10-14-26(28-2)15-11-24/h4-17,28H,3,18-23H2,1-2H3/b5-4+,8-6+,9-7+. The van der Waals surface area contributed by atoms with Gasteiger partial charge in [0.05, 0.1) is 33.0 Å². The van der Waals surface area contributed by atoms with Gasteiger partial charge in [-0.1, -0.05) is 60.7 Å². The van der Waals surface area contributed by atoms with E-state index in [4.69, 9.17) is 18.9 Å². The first kappa shape index (κ1) is 25.4. The summed E-state index contributed by atoms with van der Waals surface area (Å²) in [5, 5.41) is 3.11. The highest BCUT2D eigenvalue weighted by atomic mass is 16.6. The SMILES string of the molecule is CCOCCOCCOCCOc1ccc(/C=C/C=C/C=C/c2ccc(NC)cc2)cc1. The van der Waals surface area contributed by atoms with E-state index in [1.54, 1.807) is 0 Å². The molecule has 2 aromatic rings. The van der Waals surface area contributed by atoms with E-state index in [-0.39, 0.29) is 0 Å². The first-order valence-corrected chi connectivity index (χ1v) is 11.1. The highest BCUT2D eigenvalue weighted by molar-refractivity contribution is 5.56. The molecule has 0 aliphatic rings. The van der Waals surface area contributed by atoms with Gasteiger partial charge in [-0.2, -0.15) is 0 Å². The minimum absolute atomic E-state index is 0.515. The number of benzene rings is 2. The summed E-state index contributed by atoms with van der Waals surface area (Å²) < 4.78 is 21.8. The van der Waals surface area contributed by atoms with Gasteiger partial charge in [0.1, 0.15) is 12.4 Å². The molecule has 2 rings (SSSR count). The van der Waals surface area contributed by atoms with E-state index in [2.05, 4.69) is 41.7 Å². The van der Waals surface area contributed by atoms with Crippen LogP contribution in [0.25, 0.3) is 12.2 Å². The molecule has 5 nitrogen and oxygen atoms in total. The summed E-state index contributed by atoms with van der Waals surface area (Å²) in [5.41, 5.74) is 3.40. The number of hydrogen-bond acceptors (Lipinski definition) is 5. The van der Waals surface area contributed by atoms with E-state index in [0.29, 0.717) is 39.6 Å². The lowest BCUT2D eigenvalue weighted by molar-refractivity contribution is 0.0114. The Morgan fingerprint density at radius 3 is 1.66 bits per heavy atom. The molecule has 0 aromatic heterocycles. The molecule has 1 N–H and O–H groups in total. The van der Waals surface area contributed by atoms with Crippen molar-refractivity contribution in [2.24, 2.45) is 0 Å². The summed E-state index contributed by atoms with van der Waals surface area (Å²) in [6.07, 6.45) is 12.2. The molecule has 0 unspecified atom stereocenters. The van der Waals surface area contributed by atoms with E-state index >= 15 is 0 Å². The Kier molecular flexibility index (Phi) is 13.3. The van der Waals surface area contributed by atoms with Gasteiger partial charge < -0.3 is 24.3 Å². The Labute approximate surface area is 192 Å². The molecule has 0 fully saturated rings. The van der Waals surface area contributed by atoms with Gasteiger partial charge in [0, 0.05) is 19.3 Å². The van der Waals surface area contributed by atoms with Crippen LogP contribution in [0.3, 0.4) is 0 Å². The second-order valence-corrected chi connectivity index (χ2v) is 6.81. The molecule has 0 spiro atoms. The molecule has 0 atom stereocenters. The average Bonchev–Trinajstić information content (AvgIpc) is 2.83. The van der Waals surface area contributed by atoms with Crippen LogP contribution in [-0.4, -0.2) is 53.3 Å². The smallest absolute Gasteiger partial charge is 0.119 e. The van der Waals surface area contributed by atoms with Crippen molar-refractivity contribution in [2.45, 2.75) is 6.92 Å². The number of nitrogens with one attached hydrogen (secondary N) is 1. The molecule has 32 heavy (non-hydrogen) atoms. The van der Waals surface area contributed by atoms with Gasteiger partial charge in [-0.05, 0) is 42.3 Å². The second-order valence-electron chi connectivity index (χ2n) is 6.81. The minimum atomic E-state index is 0.515. The van der Waals surface area contributed by atoms with Crippen molar-refractivity contribution < 1.29 is 18.9 Å². The zero-order chi connectivity index (χ0) is 22.7. The summed E-state index contributed by atoms with van der Waals surface area (Å²) in [5.74, 6) is 0.835. The van der Waals surface area contributed by atoms with Gasteiger partial charge in [-0.15, -0.1) is 0 Å². The van der Waals surface area contributed by atoms with E-state index in [1.165, 1.54) is 5.56 Å². The van der Waals surface area contributed by atoms with Gasteiger partial charge in [0.2, 0.25) is 0 Å². The molecule has 0 aliphatic heterocycles. The molecule has 0 amide bonds. The predicted molar refractivity (Wildman–Crippen MR) is 133 cm³/mol. The zero-order valence-corrected chi connectivity index (χ0v) is 19.2. The van der Waals surface area contributed by atoms with Crippen LogP contribution in [0.15, 0.2) is 72.8 Å². The van der Waals surface area contributed by atoms with Crippen LogP contribution in [-0.2, 0) is 14.2 Å². The molecule has 0 bridgehead atoms. The van der Waals surface area contributed by atoms with Crippen molar-refractivity contribution in [1.29, 1.82) is 0 Å². The van der Waals surface area contributed by atoms with Crippen molar-refractivity contribution in [1.82, 2.24) is 0 Å². The molecular formula is C27H35NO4. The Balaban J connectivity index is 1.58. The van der Waals surface area contributed by atoms with E-state index in [9.17, 15) is 0 Å². The normalized spacial score (nSPS) is 11.7. The molecule has 0 saturated heterocycles. The molecular weight excluding hydrogens is 402 g/mol. The van der Waals surface area contributed by atoms with Gasteiger partial charge >= 0.3 is 0 Å². The Morgan fingerprint density at radius 1 is 0.625 bits per heavy atom. The van der Waals surface area contributed by atoms with E-state index in [0.717, 1.165) is 23.6 Å². The lowest BCUT2D eigenvalue weighted by Gasteiger charge is -2.08. The molecule has 0 heterocycles. The number of allylic oxidation sites excluding steroid dienone is 4. The van der Waals surface area contributed by atoms with Gasteiger partial charge in [-0.25, -0.2) is 0 Å². The highest BCUT2D eigenvalue weighted by Gasteiger charge is 1.95. The zero-order valence-electron chi connectivity index (χ0n) is 19.2. The summed E-state index contributed by atoms with van der Waals surface area (Å²) >= 11 is 0. The highest BCUT2D eigenvalue weighted by Crippen LogP contribution is 2.13. The average molecular weight is 438 g/mol. The van der Waals surface area contributed by atoms with Crippen LogP contribution in [0.1, 0.15) is 18.1 Å². The third-order valence-electron chi connectivity index (χ3n) is 4.43. The van der Waals surface area contributed by atoms with Crippen LogP contribution in [0.4, 0.5) is 5.69 Å².